The zero-order valence-electron chi connectivity index (χ0n) is 28.2. The zero-order valence-corrected chi connectivity index (χ0v) is 18.0. The summed E-state index contributed by atoms with van der Waals surface area (Å²) in [5, 5.41) is 13.8. The smallest absolute Gasteiger partial charge is 0.248 e. The lowest BCUT2D eigenvalue weighted by atomic mass is 10.1. The summed E-state index contributed by atoms with van der Waals surface area (Å²) in [6.45, 7) is -8.83. The number of ether oxygens (including phenoxy) is 1. The third-order valence-corrected chi connectivity index (χ3v) is 4.26. The number of rotatable bonds is 8. The molecule has 0 radical (unpaired) electrons. The normalized spacial score (nSPS) is 17.5. The number of aromatic nitrogens is 1. The molecule has 1 heterocycles. The van der Waals surface area contributed by atoms with Crippen LogP contribution in [0.25, 0.3) is 10.9 Å². The summed E-state index contributed by atoms with van der Waals surface area (Å²) < 4.78 is 106. The number of nitriles is 1. The first-order valence-electron chi connectivity index (χ1n) is 14.6. The largest absolute Gasteiger partial charge is 0.492 e. The SMILES string of the molecule is [2H]/C(=C\C([2H])([2H])N(C)C)C(=O)Nc1cc2c(Nc3c([2H])c([2H])c(F)c(Cl)c3[2H])c(C#N)cnc2cc1OC([2H])([2H])C([2H])([2H])[2H]. The van der Waals surface area contributed by atoms with Gasteiger partial charge in [0.2, 0.25) is 5.91 Å². The maximum Gasteiger partial charge on any atom is 0.248 e. The van der Waals surface area contributed by atoms with Gasteiger partial charge in [-0.1, -0.05) is 17.7 Å². The molecule has 1 amide bonds. The van der Waals surface area contributed by atoms with E-state index in [0.29, 0.717) is 6.08 Å². The first kappa shape index (κ1) is 13.1. The molecule has 0 aliphatic rings. The van der Waals surface area contributed by atoms with Crippen molar-refractivity contribution in [3.05, 3.63) is 65.0 Å². The van der Waals surface area contributed by atoms with Gasteiger partial charge in [-0.05, 0) is 45.1 Å². The number of likely N-dealkylation sites (N-methyl/N-ethyl adjacent to an activating group) is 1. The highest BCUT2D eigenvalue weighted by Gasteiger charge is 2.15. The van der Waals surface area contributed by atoms with Crippen LogP contribution in [0.3, 0.4) is 0 Å². The highest BCUT2D eigenvalue weighted by atomic mass is 35.5. The maximum absolute atomic E-state index is 14.2. The summed E-state index contributed by atoms with van der Waals surface area (Å²) in [6, 6.07) is 0.640. The van der Waals surface area contributed by atoms with Crippen LogP contribution in [0.15, 0.2) is 48.6 Å². The Kier molecular flexibility index (Phi) is 4.29. The van der Waals surface area contributed by atoms with Gasteiger partial charge in [-0.2, -0.15) is 5.26 Å². The molecule has 2 aromatic carbocycles. The minimum Gasteiger partial charge on any atom is -0.492 e. The van der Waals surface area contributed by atoms with Crippen LogP contribution < -0.4 is 15.4 Å². The summed E-state index contributed by atoms with van der Waals surface area (Å²) in [5.41, 5.74) is -1.35. The van der Waals surface area contributed by atoms with Gasteiger partial charge in [-0.3, -0.25) is 9.78 Å². The molecule has 0 unspecified atom stereocenters. The van der Waals surface area contributed by atoms with Crippen molar-refractivity contribution in [1.82, 2.24) is 9.88 Å². The lowest BCUT2D eigenvalue weighted by Gasteiger charge is -2.16. The standard InChI is InChI=1S/C24H23ClFN5O2/c1-4-33-22-12-20-17(11-21(22)30-23(32)6-5-9-31(2)3)24(15(13-27)14-28-20)29-16-7-8-19(26)18(25)10-16/h5-8,10-12,14H,4,9H2,1-3H3,(H,28,29)(H,30,32)/b6-5+/i1D3,4D2,6D,7D,8D,9D2,10D. The van der Waals surface area contributed by atoms with Gasteiger partial charge in [0.05, 0.1) is 42.3 Å². The number of hydrogen-bond donors (Lipinski definition) is 2. The Morgan fingerprint density at radius 3 is 3.06 bits per heavy atom. The van der Waals surface area contributed by atoms with Crippen LogP contribution >= 0.6 is 11.6 Å². The molecule has 1 aromatic heterocycles. The highest BCUT2D eigenvalue weighted by Crippen LogP contribution is 2.36. The summed E-state index contributed by atoms with van der Waals surface area (Å²) >= 11 is 5.83. The number of anilines is 3. The van der Waals surface area contributed by atoms with Crippen molar-refractivity contribution in [3.8, 4) is 11.8 Å². The Morgan fingerprint density at radius 2 is 2.33 bits per heavy atom. The van der Waals surface area contributed by atoms with Crippen molar-refractivity contribution in [2.45, 2.75) is 6.85 Å². The lowest BCUT2D eigenvalue weighted by Crippen LogP contribution is -2.13. The van der Waals surface area contributed by atoms with Gasteiger partial charge >= 0.3 is 0 Å². The summed E-state index contributed by atoms with van der Waals surface area (Å²) in [7, 11) is 2.73. The number of nitrogens with zero attached hydrogens (tertiary/aromatic N) is 3. The fourth-order valence-electron chi connectivity index (χ4n) is 2.62. The number of carbonyl (C=O) groups is 1. The third kappa shape index (κ3) is 5.98. The molecule has 0 aliphatic heterocycles. The second-order valence-electron chi connectivity index (χ2n) is 6.50. The van der Waals surface area contributed by atoms with Gasteiger partial charge in [0, 0.05) is 42.7 Å². The zero-order chi connectivity index (χ0) is 33.5. The predicted molar refractivity (Wildman–Crippen MR) is 129 cm³/mol. The van der Waals surface area contributed by atoms with Crippen molar-refractivity contribution in [2.24, 2.45) is 0 Å². The summed E-state index contributed by atoms with van der Waals surface area (Å²) in [5.74, 6) is -3.08. The van der Waals surface area contributed by atoms with Crippen LogP contribution in [0, 0.1) is 17.1 Å². The van der Waals surface area contributed by atoms with E-state index in [0.717, 1.165) is 23.2 Å². The Bertz CT molecular complexity index is 1700. The molecule has 0 spiro atoms. The maximum atomic E-state index is 14.2. The van der Waals surface area contributed by atoms with Crippen molar-refractivity contribution in [2.75, 3.05) is 37.8 Å². The van der Waals surface area contributed by atoms with Crippen LogP contribution in [-0.2, 0) is 4.79 Å². The molecule has 170 valence electrons. The van der Waals surface area contributed by atoms with Crippen LogP contribution in [0.2, 0.25) is 5.02 Å². The fraction of sp³-hybridized carbons (Fsp3) is 0.208. The number of fused-ring (bicyclic) bond motifs is 1. The molecule has 0 fully saturated rings. The second kappa shape index (κ2) is 10.8. The quantitative estimate of drug-likeness (QED) is 0.438. The van der Waals surface area contributed by atoms with Gasteiger partial charge in [-0.25, -0.2) is 4.39 Å². The Labute approximate surface area is 211 Å². The number of carbonyl (C=O) groups excluding carboxylic acids is 1. The molecule has 2 N–H and O–H groups in total. The van der Waals surface area contributed by atoms with Crippen LogP contribution in [-0.4, -0.2) is 42.9 Å². The minimum atomic E-state index is -3.30. The van der Waals surface area contributed by atoms with E-state index in [2.05, 4.69) is 15.6 Å². The molecular weight excluding hydrogens is 445 g/mol. The third-order valence-electron chi connectivity index (χ3n) is 4.00. The van der Waals surface area contributed by atoms with E-state index >= 15 is 0 Å². The van der Waals surface area contributed by atoms with Crippen molar-refractivity contribution >= 4 is 45.5 Å². The first-order valence-corrected chi connectivity index (χ1v) is 9.46. The molecule has 0 bridgehead atoms. The molecule has 9 heteroatoms. The van der Waals surface area contributed by atoms with E-state index in [4.69, 9.17) is 31.4 Å². The lowest BCUT2D eigenvalue weighted by molar-refractivity contribution is -0.111. The summed E-state index contributed by atoms with van der Waals surface area (Å²) in [4.78, 5) is 18.1. The van der Waals surface area contributed by atoms with Gasteiger partial charge in [0.25, 0.3) is 0 Å². The minimum absolute atomic E-state index is 0.0499. The highest BCUT2D eigenvalue weighted by molar-refractivity contribution is 6.31. The fourth-order valence-corrected chi connectivity index (χ4v) is 2.76. The second-order valence-corrected chi connectivity index (χ2v) is 6.88. The molecule has 7 nitrogen and oxygen atoms in total. The molecule has 3 rings (SSSR count). The van der Waals surface area contributed by atoms with Gasteiger partial charge < -0.3 is 20.3 Å². The molecule has 0 aliphatic carbocycles. The van der Waals surface area contributed by atoms with E-state index in [1.165, 1.54) is 14.1 Å². The van der Waals surface area contributed by atoms with E-state index in [1.54, 1.807) is 0 Å². The Balaban J connectivity index is 2.30. The van der Waals surface area contributed by atoms with Crippen molar-refractivity contribution in [3.63, 3.8) is 0 Å². The molecule has 0 atom stereocenters. The number of benzene rings is 2. The summed E-state index contributed by atoms with van der Waals surface area (Å²) in [6.07, 6.45) is 1.73. The number of amides is 1. The molecule has 0 saturated heterocycles. The number of hydrogen-bond acceptors (Lipinski definition) is 6. The van der Waals surface area contributed by atoms with E-state index in [-0.39, 0.29) is 22.2 Å². The number of nitrogens with one attached hydrogen (secondary N) is 2. The number of halogens is 2. The molecule has 3 aromatic rings. The van der Waals surface area contributed by atoms with Gasteiger partial charge in [0.1, 0.15) is 17.6 Å². The Morgan fingerprint density at radius 1 is 1.52 bits per heavy atom. The average Bonchev–Trinajstić information content (AvgIpc) is 2.92. The van der Waals surface area contributed by atoms with E-state index in [9.17, 15) is 14.4 Å². The molecule has 33 heavy (non-hydrogen) atoms. The molecule has 0 saturated carbocycles. The van der Waals surface area contributed by atoms with Gasteiger partial charge in [0.15, 0.2) is 0 Å². The van der Waals surface area contributed by atoms with Crippen LogP contribution in [0.4, 0.5) is 21.5 Å². The van der Waals surface area contributed by atoms with Crippen molar-refractivity contribution < 1.29 is 29.0 Å². The first-order chi connectivity index (χ1) is 20.1. The Hall–Kier alpha value is -3.67. The van der Waals surface area contributed by atoms with Crippen LogP contribution in [0.1, 0.15) is 27.5 Å². The topological polar surface area (TPSA) is 90.3 Å². The monoisotopic (exact) mass is 478 g/mol. The van der Waals surface area contributed by atoms with Crippen molar-refractivity contribution in [1.29, 1.82) is 5.26 Å². The molecular formula is C24H23ClFN5O2. The predicted octanol–water partition coefficient (Wildman–Crippen LogP) is 5.10. The van der Waals surface area contributed by atoms with E-state index < -0.39 is 78.0 Å². The van der Waals surface area contributed by atoms with Gasteiger partial charge in [-0.15, -0.1) is 0 Å². The average molecular weight is 479 g/mol. The van der Waals surface area contributed by atoms with E-state index in [1.807, 2.05) is 6.07 Å². The van der Waals surface area contributed by atoms with Crippen LogP contribution in [0.5, 0.6) is 5.75 Å². The number of pyridine rings is 1.